The predicted molar refractivity (Wildman–Crippen MR) is 122 cm³/mol. The van der Waals surface area contributed by atoms with E-state index in [4.69, 9.17) is 9.47 Å². The van der Waals surface area contributed by atoms with Gasteiger partial charge in [-0.15, -0.1) is 0 Å². The first-order valence-corrected chi connectivity index (χ1v) is 10.7. The maximum absolute atomic E-state index is 12.6. The van der Waals surface area contributed by atoms with E-state index in [1.807, 2.05) is 39.0 Å². The average molecular weight is 522 g/mol. The van der Waals surface area contributed by atoms with Crippen LogP contribution in [0.5, 0.6) is 11.5 Å². The van der Waals surface area contributed by atoms with Crippen molar-refractivity contribution < 1.29 is 14.3 Å². The molecule has 0 bridgehead atoms. The zero-order valence-electron chi connectivity index (χ0n) is 16.5. The quantitative estimate of drug-likeness (QED) is 0.332. The van der Waals surface area contributed by atoms with Crippen molar-refractivity contribution in [2.75, 3.05) is 18.5 Å². The number of hydrogen-bond acceptors (Lipinski definition) is 4. The fourth-order valence-corrected chi connectivity index (χ4v) is 3.77. The molecule has 2 aromatic carbocycles. The molecular weight excluding hydrogens is 500 g/mol. The Labute approximate surface area is 188 Å². The number of carbonyl (C=O) groups excluding carboxylic acids is 1. The molecule has 0 unspecified atom stereocenters. The van der Waals surface area contributed by atoms with Gasteiger partial charge in [-0.05, 0) is 71.2 Å². The average Bonchev–Trinajstić information content (AvgIpc) is 2.66. The zero-order valence-corrected chi connectivity index (χ0v) is 19.6. The molecule has 152 valence electrons. The van der Waals surface area contributed by atoms with Crippen LogP contribution in [0.25, 0.3) is 6.08 Å². The van der Waals surface area contributed by atoms with Crippen molar-refractivity contribution in [1.29, 1.82) is 5.26 Å². The second-order valence-corrected chi connectivity index (χ2v) is 8.36. The van der Waals surface area contributed by atoms with Gasteiger partial charge < -0.3 is 14.8 Å². The molecule has 1 N–H and O–H groups in total. The normalized spacial score (nSPS) is 11.1. The van der Waals surface area contributed by atoms with Gasteiger partial charge in [0.15, 0.2) is 0 Å². The van der Waals surface area contributed by atoms with Crippen molar-refractivity contribution in [2.24, 2.45) is 5.92 Å². The van der Waals surface area contributed by atoms with Gasteiger partial charge in [0, 0.05) is 15.7 Å². The second-order valence-electron chi connectivity index (χ2n) is 6.59. The van der Waals surface area contributed by atoms with Crippen LogP contribution in [0.1, 0.15) is 26.3 Å². The van der Waals surface area contributed by atoms with Crippen molar-refractivity contribution in [2.45, 2.75) is 20.8 Å². The molecule has 0 fully saturated rings. The Hall–Kier alpha value is -2.30. The molecule has 0 aliphatic rings. The summed E-state index contributed by atoms with van der Waals surface area (Å²) >= 11 is 6.93. The van der Waals surface area contributed by atoms with E-state index >= 15 is 0 Å². The smallest absolute Gasteiger partial charge is 0.266 e. The lowest BCUT2D eigenvalue weighted by molar-refractivity contribution is -0.112. The van der Waals surface area contributed by atoms with Crippen LogP contribution in [0.4, 0.5) is 5.69 Å². The van der Waals surface area contributed by atoms with Crippen molar-refractivity contribution in [3.8, 4) is 17.6 Å². The molecule has 7 heteroatoms. The molecule has 0 saturated carbocycles. The molecular formula is C22H22Br2N2O3. The maximum atomic E-state index is 12.6. The van der Waals surface area contributed by atoms with Gasteiger partial charge in [-0.2, -0.15) is 5.26 Å². The molecule has 0 saturated heterocycles. The molecule has 0 radical (unpaired) electrons. The summed E-state index contributed by atoms with van der Waals surface area (Å²) in [5.74, 6) is 1.14. The molecule has 0 aliphatic carbocycles. The Morgan fingerprint density at radius 2 is 1.90 bits per heavy atom. The zero-order chi connectivity index (χ0) is 21.4. The Morgan fingerprint density at radius 3 is 2.48 bits per heavy atom. The molecule has 2 aromatic rings. The summed E-state index contributed by atoms with van der Waals surface area (Å²) in [4.78, 5) is 12.6. The summed E-state index contributed by atoms with van der Waals surface area (Å²) in [5, 5.41) is 12.3. The van der Waals surface area contributed by atoms with Gasteiger partial charge in [-0.1, -0.05) is 29.8 Å². The SMILES string of the molecule is CCOc1ccc(NC(=O)/C(C#N)=C/c2cc(Br)cc(Br)c2OCC(C)C)cc1. The standard InChI is InChI=1S/C22H22Br2N2O3/c1-4-28-19-7-5-18(6-8-19)26-22(27)16(12-25)9-15-10-17(23)11-20(24)21(15)29-13-14(2)3/h5-11,14H,4,13H2,1-3H3,(H,26,27)/b16-9+. The van der Waals surface area contributed by atoms with Gasteiger partial charge in [0.1, 0.15) is 23.1 Å². The summed E-state index contributed by atoms with van der Waals surface area (Å²) in [6.45, 7) is 7.08. The number of anilines is 1. The van der Waals surface area contributed by atoms with E-state index in [-0.39, 0.29) is 5.57 Å². The van der Waals surface area contributed by atoms with Crippen molar-refractivity contribution in [3.63, 3.8) is 0 Å². The van der Waals surface area contributed by atoms with E-state index in [9.17, 15) is 10.1 Å². The number of nitrogens with zero attached hydrogens (tertiary/aromatic N) is 1. The highest BCUT2D eigenvalue weighted by Crippen LogP contribution is 2.34. The highest BCUT2D eigenvalue weighted by atomic mass is 79.9. The second kappa shape index (κ2) is 11.0. The number of amides is 1. The third kappa shape index (κ3) is 6.91. The third-order valence-corrected chi connectivity index (χ3v) is 4.73. The molecule has 5 nitrogen and oxygen atoms in total. The number of rotatable bonds is 8. The lowest BCUT2D eigenvalue weighted by atomic mass is 10.1. The summed E-state index contributed by atoms with van der Waals surface area (Å²) in [7, 11) is 0. The molecule has 0 spiro atoms. The number of ether oxygens (including phenoxy) is 2. The van der Waals surface area contributed by atoms with E-state index in [1.165, 1.54) is 6.08 Å². The van der Waals surface area contributed by atoms with Crippen LogP contribution in [0, 0.1) is 17.2 Å². The van der Waals surface area contributed by atoms with E-state index in [2.05, 4.69) is 37.2 Å². The predicted octanol–water partition coefficient (Wildman–Crippen LogP) is 6.19. The van der Waals surface area contributed by atoms with Crippen LogP contribution in [0.3, 0.4) is 0 Å². The topological polar surface area (TPSA) is 71.3 Å². The van der Waals surface area contributed by atoms with Gasteiger partial charge in [0.2, 0.25) is 0 Å². The minimum Gasteiger partial charge on any atom is -0.494 e. The van der Waals surface area contributed by atoms with Crippen molar-refractivity contribution >= 4 is 49.5 Å². The van der Waals surface area contributed by atoms with Gasteiger partial charge in [0.05, 0.1) is 17.7 Å². The van der Waals surface area contributed by atoms with Crippen LogP contribution >= 0.6 is 31.9 Å². The molecule has 2 rings (SSSR count). The largest absolute Gasteiger partial charge is 0.494 e. The van der Waals surface area contributed by atoms with E-state index in [0.717, 1.165) is 8.95 Å². The Kier molecular flexibility index (Phi) is 8.74. The van der Waals surface area contributed by atoms with Gasteiger partial charge in [-0.3, -0.25) is 4.79 Å². The lowest BCUT2D eigenvalue weighted by Crippen LogP contribution is -2.13. The molecule has 0 heterocycles. The molecule has 0 atom stereocenters. The monoisotopic (exact) mass is 520 g/mol. The molecule has 0 aliphatic heterocycles. The molecule has 29 heavy (non-hydrogen) atoms. The van der Waals surface area contributed by atoms with Crippen molar-refractivity contribution in [3.05, 3.63) is 56.5 Å². The fraction of sp³-hybridized carbons (Fsp3) is 0.273. The fourth-order valence-electron chi connectivity index (χ4n) is 2.39. The number of nitriles is 1. The number of hydrogen-bond donors (Lipinski definition) is 1. The van der Waals surface area contributed by atoms with Gasteiger partial charge in [0.25, 0.3) is 5.91 Å². The summed E-state index contributed by atoms with van der Waals surface area (Å²) in [6.07, 6.45) is 1.52. The Balaban J connectivity index is 2.28. The van der Waals surface area contributed by atoms with Crippen LogP contribution in [0.15, 0.2) is 50.9 Å². The summed E-state index contributed by atoms with van der Waals surface area (Å²) in [5.41, 5.74) is 1.18. The van der Waals surface area contributed by atoms with Crippen LogP contribution in [-0.2, 0) is 4.79 Å². The lowest BCUT2D eigenvalue weighted by Gasteiger charge is -2.14. The Bertz CT molecular complexity index is 932. The Morgan fingerprint density at radius 1 is 1.21 bits per heavy atom. The van der Waals surface area contributed by atoms with E-state index < -0.39 is 5.91 Å². The highest BCUT2D eigenvalue weighted by molar-refractivity contribution is 9.11. The van der Waals surface area contributed by atoms with Crippen LogP contribution in [0.2, 0.25) is 0 Å². The van der Waals surface area contributed by atoms with Crippen molar-refractivity contribution in [1.82, 2.24) is 0 Å². The van der Waals surface area contributed by atoms with E-state index in [0.29, 0.717) is 41.9 Å². The maximum Gasteiger partial charge on any atom is 0.266 e. The minimum atomic E-state index is -0.498. The first kappa shape index (κ1) is 23.0. The first-order chi connectivity index (χ1) is 13.8. The van der Waals surface area contributed by atoms with Crippen LogP contribution in [-0.4, -0.2) is 19.1 Å². The summed E-state index contributed by atoms with van der Waals surface area (Å²) < 4.78 is 12.8. The minimum absolute atomic E-state index is 0.0294. The third-order valence-electron chi connectivity index (χ3n) is 3.69. The number of nitrogens with one attached hydrogen (secondary N) is 1. The number of benzene rings is 2. The highest BCUT2D eigenvalue weighted by Gasteiger charge is 2.15. The number of carbonyl (C=O) groups is 1. The first-order valence-electron chi connectivity index (χ1n) is 9.11. The van der Waals surface area contributed by atoms with E-state index in [1.54, 1.807) is 24.3 Å². The summed E-state index contributed by atoms with van der Waals surface area (Å²) in [6, 6.07) is 12.6. The number of halogens is 2. The molecule has 1 amide bonds. The van der Waals surface area contributed by atoms with Gasteiger partial charge >= 0.3 is 0 Å². The van der Waals surface area contributed by atoms with Gasteiger partial charge in [-0.25, -0.2) is 0 Å². The molecule has 0 aromatic heterocycles. The van der Waals surface area contributed by atoms with Crippen LogP contribution < -0.4 is 14.8 Å².